The van der Waals surface area contributed by atoms with Gasteiger partial charge in [-0.2, -0.15) is 0 Å². The van der Waals surface area contributed by atoms with Crippen LogP contribution in [0.15, 0.2) is 0 Å². The summed E-state index contributed by atoms with van der Waals surface area (Å²) in [6.07, 6.45) is 0. The van der Waals surface area contributed by atoms with E-state index >= 15 is 0 Å². The molecule has 0 N–H and O–H groups in total. The van der Waals surface area contributed by atoms with Crippen molar-refractivity contribution in [1.29, 1.82) is 0 Å². The van der Waals surface area contributed by atoms with Gasteiger partial charge in [-0.25, -0.2) is 0 Å². The second kappa shape index (κ2) is 6.92. The van der Waals surface area contributed by atoms with Crippen LogP contribution in [0, 0.1) is 0 Å². The molecule has 0 amide bonds. The number of nitrogens with zero attached hydrogens (tertiary/aromatic N) is 1. The van der Waals surface area contributed by atoms with Gasteiger partial charge in [-0.05, 0) is 7.05 Å². The average molecular weight is 144 g/mol. The minimum absolute atomic E-state index is 0. The Morgan fingerprint density at radius 3 is 1.89 bits per heavy atom. The summed E-state index contributed by atoms with van der Waals surface area (Å²) in [4.78, 5) is 2.27. The van der Waals surface area contributed by atoms with Gasteiger partial charge in [0.2, 0.25) is 0 Å². The molecule has 0 aromatic rings. The molecule has 0 aliphatic carbocycles. The van der Waals surface area contributed by atoms with Crippen LogP contribution >= 0.6 is 0 Å². The molecule has 1 fully saturated rings. The molecule has 0 aromatic carbocycles. The maximum absolute atomic E-state index is 5.10. The molecule has 0 atom stereocenters. The van der Waals surface area contributed by atoms with E-state index in [9.17, 15) is 0 Å². The van der Waals surface area contributed by atoms with Gasteiger partial charge < -0.3 is 22.0 Å². The molecule has 2 nitrogen and oxygen atoms in total. The molecule has 1 rings (SSSR count). The van der Waals surface area contributed by atoms with E-state index in [-0.39, 0.29) is 31.3 Å². The summed E-state index contributed by atoms with van der Waals surface area (Å²) in [6.45, 7) is 4.02. The van der Waals surface area contributed by atoms with Crippen LogP contribution in [0.4, 0.5) is 0 Å². The fraction of sp³-hybridized carbons (Fsp3) is 1.00. The molecule has 1 saturated heterocycles. The van der Waals surface area contributed by atoms with E-state index in [1.807, 2.05) is 0 Å². The van der Waals surface area contributed by atoms with E-state index in [0.29, 0.717) is 0 Å². The number of ether oxygens (including phenoxy) is 1. The Morgan fingerprint density at radius 2 is 1.67 bits per heavy atom. The Morgan fingerprint density at radius 1 is 1.22 bits per heavy atom. The van der Waals surface area contributed by atoms with Crippen molar-refractivity contribution in [2.75, 3.05) is 33.4 Å². The summed E-state index contributed by atoms with van der Waals surface area (Å²) in [6, 6.07) is 0. The van der Waals surface area contributed by atoms with Gasteiger partial charge in [-0.1, -0.05) is 0 Å². The fourth-order valence-corrected chi connectivity index (χ4v) is 0.655. The predicted octanol–water partition coefficient (Wildman–Crippen LogP) is -6.04. The molecule has 0 radical (unpaired) electrons. The SMILES string of the molecule is CN1CCOCC1.[Cl-].[Li+]. The van der Waals surface area contributed by atoms with Crippen LogP contribution in [0.1, 0.15) is 0 Å². The number of halogens is 1. The molecule has 0 spiro atoms. The molecule has 0 aromatic heterocycles. The maximum Gasteiger partial charge on any atom is 1.00 e. The van der Waals surface area contributed by atoms with Gasteiger partial charge in [0.1, 0.15) is 0 Å². The van der Waals surface area contributed by atoms with Gasteiger partial charge >= 0.3 is 18.9 Å². The van der Waals surface area contributed by atoms with Crippen LogP contribution in [0.5, 0.6) is 0 Å². The summed E-state index contributed by atoms with van der Waals surface area (Å²) in [5.74, 6) is 0. The Balaban J connectivity index is 0. The van der Waals surface area contributed by atoms with Crippen molar-refractivity contribution in [1.82, 2.24) is 4.90 Å². The smallest absolute Gasteiger partial charge is 1.00 e. The summed E-state index contributed by atoms with van der Waals surface area (Å²) >= 11 is 0. The van der Waals surface area contributed by atoms with Gasteiger partial charge in [-0.3, -0.25) is 0 Å². The Kier molecular flexibility index (Phi) is 9.60. The van der Waals surface area contributed by atoms with E-state index in [2.05, 4.69) is 11.9 Å². The first-order valence-electron chi connectivity index (χ1n) is 2.66. The van der Waals surface area contributed by atoms with Crippen molar-refractivity contribution in [2.45, 2.75) is 0 Å². The van der Waals surface area contributed by atoms with E-state index in [0.717, 1.165) is 26.3 Å². The third kappa shape index (κ3) is 5.26. The molecular weight excluding hydrogens is 132 g/mol. The number of likely N-dealkylation sites (N-methyl/N-ethyl adjacent to an activating group) is 1. The van der Waals surface area contributed by atoms with Crippen molar-refractivity contribution in [2.24, 2.45) is 0 Å². The van der Waals surface area contributed by atoms with Gasteiger partial charge in [0.25, 0.3) is 0 Å². The second-order valence-electron chi connectivity index (χ2n) is 1.92. The first-order chi connectivity index (χ1) is 3.39. The molecule has 9 heavy (non-hydrogen) atoms. The van der Waals surface area contributed by atoms with Gasteiger partial charge in [0, 0.05) is 13.1 Å². The van der Waals surface area contributed by atoms with Crippen molar-refractivity contribution in [3.05, 3.63) is 0 Å². The zero-order chi connectivity index (χ0) is 5.11. The topological polar surface area (TPSA) is 12.5 Å². The third-order valence-electron chi connectivity index (χ3n) is 1.23. The van der Waals surface area contributed by atoms with Crippen LogP contribution in [0.25, 0.3) is 0 Å². The molecule has 1 aliphatic heterocycles. The quantitative estimate of drug-likeness (QED) is 0.313. The van der Waals surface area contributed by atoms with E-state index in [1.165, 1.54) is 0 Å². The van der Waals surface area contributed by atoms with Gasteiger partial charge in [0.15, 0.2) is 0 Å². The standard InChI is InChI=1S/C5H11NO.ClH.Li/c1-6-2-4-7-5-3-6;;/h2-5H2,1H3;1H;/q;;+1/p-1. The van der Waals surface area contributed by atoms with Crippen molar-refractivity contribution >= 4 is 0 Å². The molecule has 0 bridgehead atoms. The minimum atomic E-state index is 0. The Bertz CT molecular complexity index is 58.9. The van der Waals surface area contributed by atoms with Crippen LogP contribution < -0.4 is 31.3 Å². The molecular formula is C5H11ClLiNO. The average Bonchev–Trinajstić information content (AvgIpc) is 1.69. The summed E-state index contributed by atoms with van der Waals surface area (Å²) in [5, 5.41) is 0. The van der Waals surface area contributed by atoms with E-state index in [4.69, 9.17) is 4.74 Å². The van der Waals surface area contributed by atoms with Gasteiger partial charge in [-0.15, -0.1) is 0 Å². The molecule has 1 heterocycles. The van der Waals surface area contributed by atoms with Gasteiger partial charge in [0.05, 0.1) is 13.2 Å². The summed E-state index contributed by atoms with van der Waals surface area (Å²) in [5.41, 5.74) is 0. The van der Waals surface area contributed by atoms with Crippen LogP contribution in [0.3, 0.4) is 0 Å². The van der Waals surface area contributed by atoms with E-state index < -0.39 is 0 Å². The monoisotopic (exact) mass is 143 g/mol. The van der Waals surface area contributed by atoms with Crippen molar-refractivity contribution in [3.63, 3.8) is 0 Å². The zero-order valence-electron chi connectivity index (χ0n) is 6.06. The predicted molar refractivity (Wildman–Crippen MR) is 28.3 cm³/mol. The molecule has 50 valence electrons. The molecule has 0 saturated carbocycles. The fourth-order valence-electron chi connectivity index (χ4n) is 0.655. The number of hydrogen-bond donors (Lipinski definition) is 0. The van der Waals surface area contributed by atoms with Crippen LogP contribution in [0.2, 0.25) is 0 Å². The molecule has 4 heteroatoms. The molecule has 1 aliphatic rings. The normalized spacial score (nSPS) is 19.7. The number of rotatable bonds is 0. The molecule has 0 unspecified atom stereocenters. The third-order valence-corrected chi connectivity index (χ3v) is 1.23. The minimum Gasteiger partial charge on any atom is -1.00 e. The van der Waals surface area contributed by atoms with Crippen molar-refractivity contribution < 1.29 is 36.0 Å². The number of hydrogen-bond acceptors (Lipinski definition) is 2. The summed E-state index contributed by atoms with van der Waals surface area (Å²) in [7, 11) is 2.11. The van der Waals surface area contributed by atoms with Crippen LogP contribution in [-0.4, -0.2) is 38.3 Å². The number of morpholine rings is 1. The largest absolute Gasteiger partial charge is 1.00 e. The zero-order valence-corrected chi connectivity index (χ0v) is 6.82. The summed E-state index contributed by atoms with van der Waals surface area (Å²) < 4.78 is 5.10. The Hall–Kier alpha value is 0.807. The maximum atomic E-state index is 5.10. The van der Waals surface area contributed by atoms with Crippen molar-refractivity contribution in [3.8, 4) is 0 Å². The first kappa shape index (κ1) is 12.5. The van der Waals surface area contributed by atoms with Crippen LogP contribution in [-0.2, 0) is 4.74 Å². The van der Waals surface area contributed by atoms with E-state index in [1.54, 1.807) is 0 Å². The first-order valence-corrected chi connectivity index (χ1v) is 2.66. The Labute approximate surface area is 74.5 Å². The second-order valence-corrected chi connectivity index (χ2v) is 1.92.